The Morgan fingerprint density at radius 2 is 2.28 bits per heavy atom. The molecule has 0 amide bonds. The van der Waals surface area contributed by atoms with Crippen LogP contribution in [-0.4, -0.2) is 32.4 Å². The Kier molecular flexibility index (Phi) is 3.57. The highest BCUT2D eigenvalue weighted by Crippen LogP contribution is 2.08. The molecule has 18 heavy (non-hydrogen) atoms. The zero-order valence-corrected chi connectivity index (χ0v) is 10.00. The normalized spacial score (nSPS) is 10.3. The number of pyridine rings is 1. The molecule has 0 aliphatic carbocycles. The number of aromatic carboxylic acids is 1. The van der Waals surface area contributed by atoms with Crippen molar-refractivity contribution in [3.05, 3.63) is 42.0 Å². The summed E-state index contributed by atoms with van der Waals surface area (Å²) >= 11 is 0. The SMILES string of the molecule is Cn1nccc1CCNc1ccnc(C(=O)O)c1. The smallest absolute Gasteiger partial charge is 0.354 e. The van der Waals surface area contributed by atoms with Crippen molar-refractivity contribution in [2.75, 3.05) is 11.9 Å². The number of carbonyl (C=O) groups is 1. The van der Waals surface area contributed by atoms with Crippen LogP contribution in [-0.2, 0) is 13.5 Å². The molecule has 6 heteroatoms. The van der Waals surface area contributed by atoms with Crippen molar-refractivity contribution in [1.29, 1.82) is 0 Å². The second kappa shape index (κ2) is 5.31. The molecule has 0 unspecified atom stereocenters. The molecule has 0 aliphatic heterocycles. The van der Waals surface area contributed by atoms with E-state index < -0.39 is 5.97 Å². The lowest BCUT2D eigenvalue weighted by Gasteiger charge is -2.06. The van der Waals surface area contributed by atoms with Crippen LogP contribution in [0.5, 0.6) is 0 Å². The molecule has 94 valence electrons. The maximum absolute atomic E-state index is 10.8. The second-order valence-corrected chi connectivity index (χ2v) is 3.86. The summed E-state index contributed by atoms with van der Waals surface area (Å²) < 4.78 is 1.82. The molecular weight excluding hydrogens is 232 g/mol. The van der Waals surface area contributed by atoms with E-state index in [0.717, 1.165) is 17.8 Å². The molecule has 0 saturated heterocycles. The van der Waals surface area contributed by atoms with Gasteiger partial charge in [0, 0.05) is 43.8 Å². The third-order valence-electron chi connectivity index (χ3n) is 2.61. The topological polar surface area (TPSA) is 80.0 Å². The van der Waals surface area contributed by atoms with Gasteiger partial charge < -0.3 is 10.4 Å². The highest BCUT2D eigenvalue weighted by Gasteiger charge is 2.04. The summed E-state index contributed by atoms with van der Waals surface area (Å²) in [4.78, 5) is 14.5. The minimum Gasteiger partial charge on any atom is -0.477 e. The van der Waals surface area contributed by atoms with Gasteiger partial charge in [-0.2, -0.15) is 5.10 Å². The number of carboxylic acids is 1. The van der Waals surface area contributed by atoms with Gasteiger partial charge in [-0.05, 0) is 18.2 Å². The van der Waals surface area contributed by atoms with Crippen molar-refractivity contribution in [2.24, 2.45) is 7.05 Å². The van der Waals surface area contributed by atoms with Gasteiger partial charge in [-0.15, -0.1) is 0 Å². The lowest BCUT2D eigenvalue weighted by atomic mass is 10.3. The van der Waals surface area contributed by atoms with E-state index in [2.05, 4.69) is 15.4 Å². The maximum atomic E-state index is 10.8. The van der Waals surface area contributed by atoms with Crippen LogP contribution < -0.4 is 5.32 Å². The Morgan fingerprint density at radius 1 is 1.44 bits per heavy atom. The van der Waals surface area contributed by atoms with E-state index in [-0.39, 0.29) is 5.69 Å². The number of nitrogens with zero attached hydrogens (tertiary/aromatic N) is 3. The number of hydrogen-bond donors (Lipinski definition) is 2. The Hall–Kier alpha value is -2.37. The van der Waals surface area contributed by atoms with Crippen LogP contribution in [0.25, 0.3) is 0 Å². The molecule has 0 spiro atoms. The Balaban J connectivity index is 1.92. The standard InChI is InChI=1S/C12H14N4O2/c1-16-10(4-7-15-16)3-6-13-9-2-5-14-11(8-9)12(17)18/h2,4-5,7-8H,3,6H2,1H3,(H,13,14)(H,17,18). The third-order valence-corrected chi connectivity index (χ3v) is 2.61. The molecule has 2 aromatic heterocycles. The van der Waals surface area contributed by atoms with Gasteiger partial charge >= 0.3 is 5.97 Å². The average molecular weight is 246 g/mol. The average Bonchev–Trinajstić information content (AvgIpc) is 2.76. The van der Waals surface area contributed by atoms with Crippen LogP contribution in [0, 0.1) is 0 Å². The first-order valence-electron chi connectivity index (χ1n) is 5.57. The lowest BCUT2D eigenvalue weighted by molar-refractivity contribution is 0.0690. The van der Waals surface area contributed by atoms with Crippen LogP contribution in [0.2, 0.25) is 0 Å². The minimum absolute atomic E-state index is 0.0422. The third kappa shape index (κ3) is 2.85. The number of hydrogen-bond acceptors (Lipinski definition) is 4. The number of anilines is 1. The van der Waals surface area contributed by atoms with Crippen LogP contribution in [0.4, 0.5) is 5.69 Å². The van der Waals surface area contributed by atoms with Crippen LogP contribution in [0.3, 0.4) is 0 Å². The van der Waals surface area contributed by atoms with E-state index in [1.54, 1.807) is 12.3 Å². The first kappa shape index (κ1) is 12.1. The molecule has 0 aliphatic rings. The molecule has 0 fully saturated rings. The van der Waals surface area contributed by atoms with E-state index in [0.29, 0.717) is 6.54 Å². The van der Waals surface area contributed by atoms with Crippen molar-refractivity contribution in [2.45, 2.75) is 6.42 Å². The fourth-order valence-corrected chi connectivity index (χ4v) is 1.64. The van der Waals surface area contributed by atoms with Gasteiger partial charge in [0.05, 0.1) is 0 Å². The summed E-state index contributed by atoms with van der Waals surface area (Å²) in [5.41, 5.74) is 1.92. The van der Waals surface area contributed by atoms with Crippen molar-refractivity contribution < 1.29 is 9.90 Å². The Bertz CT molecular complexity index is 551. The van der Waals surface area contributed by atoms with Gasteiger partial charge in [-0.25, -0.2) is 9.78 Å². The van der Waals surface area contributed by atoms with Gasteiger partial charge in [0.25, 0.3) is 0 Å². The summed E-state index contributed by atoms with van der Waals surface area (Å²) in [6.07, 6.45) is 4.06. The molecule has 0 radical (unpaired) electrons. The number of aryl methyl sites for hydroxylation is 1. The zero-order valence-electron chi connectivity index (χ0n) is 10.00. The largest absolute Gasteiger partial charge is 0.477 e. The highest BCUT2D eigenvalue weighted by atomic mass is 16.4. The summed E-state index contributed by atoms with van der Waals surface area (Å²) in [5.74, 6) is -1.02. The lowest BCUT2D eigenvalue weighted by Crippen LogP contribution is -2.09. The fourth-order valence-electron chi connectivity index (χ4n) is 1.64. The molecule has 0 atom stereocenters. The maximum Gasteiger partial charge on any atom is 0.354 e. The van der Waals surface area contributed by atoms with E-state index in [4.69, 9.17) is 5.11 Å². The first-order valence-corrected chi connectivity index (χ1v) is 5.57. The van der Waals surface area contributed by atoms with Crippen molar-refractivity contribution >= 4 is 11.7 Å². The first-order chi connectivity index (χ1) is 8.66. The van der Waals surface area contributed by atoms with E-state index in [1.807, 2.05) is 17.8 Å². The van der Waals surface area contributed by atoms with Crippen LogP contribution in [0.15, 0.2) is 30.6 Å². The Morgan fingerprint density at radius 3 is 2.94 bits per heavy atom. The van der Waals surface area contributed by atoms with Crippen molar-refractivity contribution in [3.63, 3.8) is 0 Å². The monoisotopic (exact) mass is 246 g/mol. The molecule has 2 heterocycles. The van der Waals surface area contributed by atoms with Gasteiger partial charge in [0.2, 0.25) is 0 Å². The predicted molar refractivity (Wildman–Crippen MR) is 66.6 cm³/mol. The molecule has 2 aromatic rings. The molecule has 0 aromatic carbocycles. The van der Waals surface area contributed by atoms with Gasteiger partial charge in [-0.3, -0.25) is 4.68 Å². The number of carboxylic acid groups (broad SMARTS) is 1. The summed E-state index contributed by atoms with van der Waals surface area (Å²) in [7, 11) is 1.89. The van der Waals surface area contributed by atoms with E-state index in [9.17, 15) is 4.79 Å². The molecule has 2 rings (SSSR count). The van der Waals surface area contributed by atoms with E-state index in [1.165, 1.54) is 12.3 Å². The number of rotatable bonds is 5. The van der Waals surface area contributed by atoms with E-state index >= 15 is 0 Å². The molecule has 0 bridgehead atoms. The Labute approximate surface area is 104 Å². The minimum atomic E-state index is -1.02. The van der Waals surface area contributed by atoms with Crippen molar-refractivity contribution in [1.82, 2.24) is 14.8 Å². The van der Waals surface area contributed by atoms with Crippen LogP contribution in [0.1, 0.15) is 16.2 Å². The quantitative estimate of drug-likeness (QED) is 0.827. The van der Waals surface area contributed by atoms with Gasteiger partial charge in [0.1, 0.15) is 5.69 Å². The molecule has 0 saturated carbocycles. The highest BCUT2D eigenvalue weighted by molar-refractivity contribution is 5.86. The summed E-state index contributed by atoms with van der Waals surface area (Å²) in [5, 5.41) is 16.1. The second-order valence-electron chi connectivity index (χ2n) is 3.86. The fraction of sp³-hybridized carbons (Fsp3) is 0.250. The van der Waals surface area contributed by atoms with Gasteiger partial charge in [-0.1, -0.05) is 0 Å². The van der Waals surface area contributed by atoms with Crippen LogP contribution >= 0.6 is 0 Å². The molecule has 6 nitrogen and oxygen atoms in total. The summed E-state index contributed by atoms with van der Waals surface area (Å²) in [6.45, 7) is 0.711. The number of nitrogens with one attached hydrogen (secondary N) is 1. The van der Waals surface area contributed by atoms with Crippen molar-refractivity contribution in [3.8, 4) is 0 Å². The molecular formula is C12H14N4O2. The number of aromatic nitrogens is 3. The summed E-state index contributed by atoms with van der Waals surface area (Å²) in [6, 6.07) is 5.22. The van der Waals surface area contributed by atoms with Gasteiger partial charge in [0.15, 0.2) is 0 Å². The zero-order chi connectivity index (χ0) is 13.0. The predicted octanol–water partition coefficient (Wildman–Crippen LogP) is 1.17. The molecule has 2 N–H and O–H groups in total.